The third kappa shape index (κ3) is 7.79. The number of esters is 1. The SMILES string of the molecule is C=C1N=C(N)N=CN1[C@@H]1S[C@H](COP(=O)(N[C@@H](C)C(=O)OCC(CC)CC)Oc2ccccc2)[C@H](O)C1(F)F. The molecule has 0 spiro atoms. The third-order valence-corrected chi connectivity index (χ3v) is 9.37. The van der Waals surface area contributed by atoms with Crippen LogP contribution in [0.5, 0.6) is 5.75 Å². The number of alkyl halides is 2. The summed E-state index contributed by atoms with van der Waals surface area (Å²) in [5.41, 5.74) is 5.49. The summed E-state index contributed by atoms with van der Waals surface area (Å²) in [7, 11) is -4.32. The van der Waals surface area contributed by atoms with Crippen molar-refractivity contribution >= 4 is 37.8 Å². The van der Waals surface area contributed by atoms with Crippen LogP contribution in [0.3, 0.4) is 0 Å². The van der Waals surface area contributed by atoms with Crippen molar-refractivity contribution in [3.05, 3.63) is 42.7 Å². The van der Waals surface area contributed by atoms with E-state index in [1.54, 1.807) is 18.2 Å². The number of aliphatic hydroxyl groups excluding tert-OH is 1. The summed E-state index contributed by atoms with van der Waals surface area (Å²) >= 11 is 0.668. The predicted molar refractivity (Wildman–Crippen MR) is 145 cm³/mol. The fourth-order valence-corrected chi connectivity index (χ4v) is 6.78. The summed E-state index contributed by atoms with van der Waals surface area (Å²) in [5.74, 6) is -4.19. The molecule has 1 unspecified atom stereocenters. The van der Waals surface area contributed by atoms with E-state index in [-0.39, 0.29) is 30.1 Å². The van der Waals surface area contributed by atoms with Crippen LogP contribution < -0.4 is 15.3 Å². The number of aliphatic hydroxyl groups is 1. The average molecular weight is 590 g/mol. The Labute approximate surface area is 230 Å². The van der Waals surface area contributed by atoms with Gasteiger partial charge in [-0.2, -0.15) is 10.1 Å². The van der Waals surface area contributed by atoms with Crippen LogP contribution >= 0.6 is 19.5 Å². The summed E-state index contributed by atoms with van der Waals surface area (Å²) in [6, 6.07) is 6.91. The monoisotopic (exact) mass is 589 g/mol. The summed E-state index contributed by atoms with van der Waals surface area (Å²) in [4.78, 5) is 21.1. The molecule has 3 rings (SSSR count). The topological polar surface area (TPSA) is 148 Å². The van der Waals surface area contributed by atoms with Gasteiger partial charge in [-0.15, -0.1) is 11.8 Å². The van der Waals surface area contributed by atoms with Crippen molar-refractivity contribution in [2.45, 2.75) is 62.3 Å². The lowest BCUT2D eigenvalue weighted by atomic mass is 10.1. The molecule has 11 nitrogen and oxygen atoms in total. The highest BCUT2D eigenvalue weighted by Crippen LogP contribution is 2.51. The van der Waals surface area contributed by atoms with E-state index in [1.807, 2.05) is 13.8 Å². The molecule has 39 heavy (non-hydrogen) atoms. The maximum atomic E-state index is 15.1. The van der Waals surface area contributed by atoms with Crippen LogP contribution in [0.1, 0.15) is 33.6 Å². The highest BCUT2D eigenvalue weighted by molar-refractivity contribution is 8.01. The van der Waals surface area contributed by atoms with E-state index >= 15 is 8.78 Å². The van der Waals surface area contributed by atoms with E-state index in [0.29, 0.717) is 11.8 Å². The van der Waals surface area contributed by atoms with Crippen molar-refractivity contribution in [3.8, 4) is 5.75 Å². The van der Waals surface area contributed by atoms with E-state index in [1.165, 1.54) is 19.1 Å². The van der Waals surface area contributed by atoms with Gasteiger partial charge in [-0.25, -0.2) is 18.3 Å². The van der Waals surface area contributed by atoms with E-state index in [4.69, 9.17) is 19.5 Å². The number of guanidine groups is 1. The first kappa shape index (κ1) is 31.0. The zero-order chi connectivity index (χ0) is 28.8. The second kappa shape index (κ2) is 13.2. The van der Waals surface area contributed by atoms with Gasteiger partial charge in [0.05, 0.1) is 18.5 Å². The smallest absolute Gasteiger partial charge is 0.459 e. The van der Waals surface area contributed by atoms with Gasteiger partial charge >= 0.3 is 19.6 Å². The van der Waals surface area contributed by atoms with Gasteiger partial charge in [0.2, 0.25) is 5.96 Å². The molecule has 15 heteroatoms. The van der Waals surface area contributed by atoms with Gasteiger partial charge in [-0.1, -0.05) is 51.5 Å². The Balaban J connectivity index is 1.72. The largest absolute Gasteiger partial charge is 0.464 e. The van der Waals surface area contributed by atoms with Crippen LogP contribution in [0.15, 0.2) is 52.7 Å². The first-order valence-electron chi connectivity index (χ1n) is 12.4. The summed E-state index contributed by atoms with van der Waals surface area (Å²) < 4.78 is 60.3. The van der Waals surface area contributed by atoms with Crippen molar-refractivity contribution < 1.29 is 37.0 Å². The number of nitrogens with zero attached hydrogens (tertiary/aromatic N) is 3. The zero-order valence-corrected chi connectivity index (χ0v) is 23.6. The Hall–Kier alpha value is -2.51. The molecule has 1 aromatic rings. The van der Waals surface area contributed by atoms with E-state index in [9.17, 15) is 14.5 Å². The number of hydrogen-bond acceptors (Lipinski definition) is 11. The van der Waals surface area contributed by atoms with Gasteiger partial charge in [0.25, 0.3) is 0 Å². The standard InChI is InChI=1S/C24H34F2N5O6PS/c1-5-17(6-2)12-35-21(33)15(3)30-38(34,37-18-10-8-7-9-11-18)36-13-19-20(32)24(25,26)22(39-19)31-14-28-23(27)29-16(31)4/h7-11,14-15,17,19-20,22,32H,4-6,12-13H2,1-3H3,(H2,27,29)(H,30,34)/t15-,19+,20-,22+,38?/m0/s1. The molecule has 0 radical (unpaired) electrons. The van der Waals surface area contributed by atoms with Crippen LogP contribution in [0, 0.1) is 5.92 Å². The van der Waals surface area contributed by atoms with Gasteiger partial charge in [0.1, 0.15) is 35.4 Å². The number of benzene rings is 1. The van der Waals surface area contributed by atoms with Crippen molar-refractivity contribution in [3.63, 3.8) is 0 Å². The lowest BCUT2D eigenvalue weighted by Crippen LogP contribution is -2.48. The highest BCUT2D eigenvalue weighted by atomic mass is 32.2. The van der Waals surface area contributed by atoms with Crippen molar-refractivity contribution in [1.82, 2.24) is 9.99 Å². The molecule has 0 saturated carbocycles. The fraction of sp³-hybridized carbons (Fsp3) is 0.542. The van der Waals surface area contributed by atoms with Crippen molar-refractivity contribution in [1.29, 1.82) is 0 Å². The molecule has 2 aliphatic heterocycles. The number of aliphatic imine (C=N–C) groups is 2. The molecular formula is C24H34F2N5O6PS. The van der Waals surface area contributed by atoms with Crippen LogP contribution in [0.25, 0.3) is 0 Å². The van der Waals surface area contributed by atoms with Gasteiger partial charge in [-0.05, 0) is 25.0 Å². The zero-order valence-electron chi connectivity index (χ0n) is 21.9. The minimum Gasteiger partial charge on any atom is -0.464 e. The van der Waals surface area contributed by atoms with E-state index in [2.05, 4.69) is 21.7 Å². The number of ether oxygens (including phenoxy) is 1. The number of carbonyl (C=O) groups excluding carboxylic acids is 1. The van der Waals surface area contributed by atoms with Crippen molar-refractivity contribution in [2.75, 3.05) is 13.2 Å². The van der Waals surface area contributed by atoms with Gasteiger partial charge < -0.3 is 20.1 Å². The highest BCUT2D eigenvalue weighted by Gasteiger charge is 2.60. The molecular weight excluding hydrogens is 555 g/mol. The Bertz CT molecular complexity index is 1120. The summed E-state index contributed by atoms with van der Waals surface area (Å²) in [6.45, 7) is 8.61. The Kier molecular flexibility index (Phi) is 10.5. The number of nitrogens with one attached hydrogen (secondary N) is 1. The number of hydrogen-bond donors (Lipinski definition) is 3. The molecule has 0 aromatic heterocycles. The van der Waals surface area contributed by atoms with E-state index < -0.39 is 49.0 Å². The molecule has 2 heterocycles. The summed E-state index contributed by atoms with van der Waals surface area (Å²) in [5, 5.41) is 10.1. The Morgan fingerprint density at radius 2 is 2.00 bits per heavy atom. The second-order valence-electron chi connectivity index (χ2n) is 9.05. The Morgan fingerprint density at radius 3 is 2.62 bits per heavy atom. The lowest BCUT2D eigenvalue weighted by Gasteiger charge is -2.31. The molecule has 0 bridgehead atoms. The normalized spacial score (nSPS) is 24.8. The second-order valence-corrected chi connectivity index (χ2v) is 12.1. The van der Waals surface area contributed by atoms with Crippen LogP contribution in [-0.2, 0) is 18.6 Å². The molecule has 4 N–H and O–H groups in total. The maximum absolute atomic E-state index is 15.1. The van der Waals surface area contributed by atoms with Gasteiger partial charge in [-0.3, -0.25) is 14.2 Å². The molecule has 0 amide bonds. The lowest BCUT2D eigenvalue weighted by molar-refractivity contribution is -0.146. The van der Waals surface area contributed by atoms with Crippen LogP contribution in [0.4, 0.5) is 8.78 Å². The summed E-state index contributed by atoms with van der Waals surface area (Å²) in [6.07, 6.45) is 0.539. The number of halogens is 2. The average Bonchev–Trinajstić information content (AvgIpc) is 3.12. The van der Waals surface area contributed by atoms with Gasteiger partial charge in [0, 0.05) is 0 Å². The fourth-order valence-electron chi connectivity index (χ4n) is 3.73. The number of rotatable bonds is 13. The number of para-hydroxylation sites is 1. The molecule has 216 valence electrons. The number of nitrogens with two attached hydrogens (primary N) is 1. The van der Waals surface area contributed by atoms with Gasteiger partial charge in [0.15, 0.2) is 0 Å². The van der Waals surface area contributed by atoms with Crippen LogP contribution in [0.2, 0.25) is 0 Å². The molecule has 0 aliphatic carbocycles. The minimum absolute atomic E-state index is 0.0751. The van der Waals surface area contributed by atoms with E-state index in [0.717, 1.165) is 24.1 Å². The predicted octanol–water partition coefficient (Wildman–Crippen LogP) is 3.72. The molecule has 5 atom stereocenters. The van der Waals surface area contributed by atoms with Crippen molar-refractivity contribution in [2.24, 2.45) is 21.6 Å². The first-order valence-corrected chi connectivity index (χ1v) is 14.9. The third-order valence-electron chi connectivity index (χ3n) is 6.19. The maximum Gasteiger partial charge on any atom is 0.459 e. The quantitative estimate of drug-likeness (QED) is 0.230. The minimum atomic E-state index is -4.32. The molecule has 2 aliphatic rings. The molecule has 1 fully saturated rings. The molecule has 1 saturated heterocycles. The Morgan fingerprint density at radius 1 is 1.33 bits per heavy atom. The van der Waals surface area contributed by atoms with Crippen LogP contribution in [-0.4, -0.2) is 70.2 Å². The molecule has 1 aromatic carbocycles. The number of thioether (sulfide) groups is 1. The first-order chi connectivity index (χ1) is 18.4. The number of carbonyl (C=O) groups is 1.